The predicted molar refractivity (Wildman–Crippen MR) is 69.4 cm³/mol. The molecule has 0 aliphatic heterocycles. The third kappa shape index (κ3) is 3.89. The number of rotatable bonds is 6. The van der Waals surface area contributed by atoms with Crippen molar-refractivity contribution in [2.45, 2.75) is 32.4 Å². The van der Waals surface area contributed by atoms with Gasteiger partial charge in [-0.3, -0.25) is 10.1 Å². The number of nitro benzene ring substituents is 1. The van der Waals surface area contributed by atoms with Crippen LogP contribution < -0.4 is 5.32 Å². The maximum atomic E-state index is 13.4. The number of carboxylic acids is 1. The minimum atomic E-state index is -1.51. The summed E-state index contributed by atoms with van der Waals surface area (Å²) in [6.45, 7) is 3.22. The van der Waals surface area contributed by atoms with Gasteiger partial charge in [0.15, 0.2) is 0 Å². The van der Waals surface area contributed by atoms with Gasteiger partial charge >= 0.3 is 5.97 Å². The Hall–Kier alpha value is -2.22. The van der Waals surface area contributed by atoms with E-state index in [0.29, 0.717) is 12.5 Å². The molecule has 0 radical (unpaired) electrons. The molecule has 20 heavy (non-hydrogen) atoms. The summed E-state index contributed by atoms with van der Waals surface area (Å²) >= 11 is 0. The van der Waals surface area contributed by atoms with Crippen molar-refractivity contribution in [2.24, 2.45) is 0 Å². The average Bonchev–Trinajstić information content (AvgIpc) is 2.29. The van der Waals surface area contributed by atoms with Crippen LogP contribution in [-0.4, -0.2) is 33.3 Å². The average molecular weight is 286 g/mol. The van der Waals surface area contributed by atoms with Crippen LogP contribution in [0, 0.1) is 15.9 Å². The topological polar surface area (TPSA) is 113 Å². The van der Waals surface area contributed by atoms with Crippen molar-refractivity contribution in [3.63, 3.8) is 0 Å². The van der Waals surface area contributed by atoms with Gasteiger partial charge in [0.1, 0.15) is 11.5 Å². The molecule has 2 atom stereocenters. The number of aromatic carboxylic acids is 1. The number of nitrogens with zero attached hydrogens (tertiary/aromatic N) is 1. The van der Waals surface area contributed by atoms with Crippen molar-refractivity contribution < 1.29 is 24.3 Å². The highest BCUT2D eigenvalue weighted by molar-refractivity contribution is 5.90. The van der Waals surface area contributed by atoms with Crippen LogP contribution in [0.25, 0.3) is 0 Å². The molecule has 110 valence electrons. The van der Waals surface area contributed by atoms with Gasteiger partial charge in [0, 0.05) is 6.04 Å². The molecule has 1 aromatic carbocycles. The Bertz CT molecular complexity index is 533. The van der Waals surface area contributed by atoms with Crippen LogP contribution in [0.15, 0.2) is 12.1 Å². The molecule has 1 rings (SSSR count). The summed E-state index contributed by atoms with van der Waals surface area (Å²) in [5.74, 6) is -2.68. The van der Waals surface area contributed by atoms with E-state index in [4.69, 9.17) is 5.11 Å². The zero-order chi connectivity index (χ0) is 15.4. The summed E-state index contributed by atoms with van der Waals surface area (Å²) < 4.78 is 13.4. The molecule has 7 nitrogen and oxygen atoms in total. The van der Waals surface area contributed by atoms with Gasteiger partial charge in [0.25, 0.3) is 5.69 Å². The number of carbonyl (C=O) groups is 1. The van der Waals surface area contributed by atoms with E-state index < -0.39 is 34.1 Å². The Labute approximate surface area is 114 Å². The molecule has 0 bridgehead atoms. The van der Waals surface area contributed by atoms with Gasteiger partial charge < -0.3 is 15.5 Å². The molecule has 3 N–H and O–H groups in total. The van der Waals surface area contributed by atoms with Crippen molar-refractivity contribution >= 4 is 17.3 Å². The second kappa shape index (κ2) is 6.29. The monoisotopic (exact) mass is 286 g/mol. The van der Waals surface area contributed by atoms with Crippen molar-refractivity contribution in [1.29, 1.82) is 0 Å². The lowest BCUT2D eigenvalue weighted by atomic mass is 10.1. The Morgan fingerprint density at radius 2 is 2.10 bits per heavy atom. The van der Waals surface area contributed by atoms with Crippen molar-refractivity contribution in [1.82, 2.24) is 0 Å². The third-order valence-corrected chi connectivity index (χ3v) is 2.61. The number of hydrogen-bond acceptors (Lipinski definition) is 5. The van der Waals surface area contributed by atoms with Gasteiger partial charge in [-0.05, 0) is 26.3 Å². The number of halogens is 1. The zero-order valence-corrected chi connectivity index (χ0v) is 11.0. The first-order valence-electron chi connectivity index (χ1n) is 5.88. The lowest BCUT2D eigenvalue weighted by Gasteiger charge is -2.17. The van der Waals surface area contributed by atoms with E-state index in [9.17, 15) is 24.4 Å². The fourth-order valence-corrected chi connectivity index (χ4v) is 1.83. The van der Waals surface area contributed by atoms with Crippen LogP contribution in [0.2, 0.25) is 0 Å². The molecule has 0 saturated heterocycles. The van der Waals surface area contributed by atoms with Crippen molar-refractivity contribution in [3.05, 3.63) is 33.6 Å². The summed E-state index contributed by atoms with van der Waals surface area (Å²) in [7, 11) is 0. The maximum Gasteiger partial charge on any atom is 0.338 e. The first kappa shape index (κ1) is 15.8. The molecule has 0 aliphatic rings. The highest BCUT2D eigenvalue weighted by Crippen LogP contribution is 2.29. The summed E-state index contributed by atoms with van der Waals surface area (Å²) in [6, 6.07) is 1.11. The van der Waals surface area contributed by atoms with E-state index in [-0.39, 0.29) is 11.7 Å². The molecule has 0 aromatic heterocycles. The smallest absolute Gasteiger partial charge is 0.338 e. The number of hydrogen-bond donors (Lipinski definition) is 3. The largest absolute Gasteiger partial charge is 0.478 e. The Morgan fingerprint density at radius 3 is 2.55 bits per heavy atom. The predicted octanol–water partition coefficient (Wildman–Crippen LogP) is 2.00. The summed E-state index contributed by atoms with van der Waals surface area (Å²) in [5, 5.41) is 31.6. The highest BCUT2D eigenvalue weighted by atomic mass is 19.1. The van der Waals surface area contributed by atoms with Crippen LogP contribution in [-0.2, 0) is 0 Å². The molecule has 0 heterocycles. The first-order valence-corrected chi connectivity index (χ1v) is 5.88. The van der Waals surface area contributed by atoms with Crippen LogP contribution in [0.1, 0.15) is 30.6 Å². The summed E-state index contributed by atoms with van der Waals surface area (Å²) in [4.78, 5) is 20.9. The highest BCUT2D eigenvalue weighted by Gasteiger charge is 2.22. The molecule has 0 amide bonds. The SMILES string of the molecule is CC(O)CC(C)Nc1cc(C(=O)O)c(F)cc1[N+](=O)[O-]. The van der Waals surface area contributed by atoms with Crippen LogP contribution in [0.3, 0.4) is 0 Å². The summed E-state index contributed by atoms with van der Waals surface area (Å²) in [5.41, 5.74) is -1.30. The number of nitro groups is 1. The van der Waals surface area contributed by atoms with E-state index in [2.05, 4.69) is 5.32 Å². The minimum Gasteiger partial charge on any atom is -0.478 e. The van der Waals surface area contributed by atoms with Gasteiger partial charge in [-0.2, -0.15) is 0 Å². The number of benzene rings is 1. The second-order valence-corrected chi connectivity index (χ2v) is 4.54. The van der Waals surface area contributed by atoms with Gasteiger partial charge in [-0.25, -0.2) is 9.18 Å². The molecule has 8 heteroatoms. The molecular formula is C12H15FN2O5. The van der Waals surface area contributed by atoms with Gasteiger partial charge in [-0.15, -0.1) is 0 Å². The van der Waals surface area contributed by atoms with E-state index in [1.54, 1.807) is 13.8 Å². The fourth-order valence-electron chi connectivity index (χ4n) is 1.83. The van der Waals surface area contributed by atoms with Crippen molar-refractivity contribution in [2.75, 3.05) is 5.32 Å². The third-order valence-electron chi connectivity index (χ3n) is 2.61. The molecule has 1 aromatic rings. The quantitative estimate of drug-likeness (QED) is 0.544. The van der Waals surface area contributed by atoms with Crippen LogP contribution in [0.4, 0.5) is 15.8 Å². The molecule has 0 saturated carbocycles. The molecule has 0 aliphatic carbocycles. The number of carboxylic acid groups (broad SMARTS) is 1. The summed E-state index contributed by atoms with van der Waals surface area (Å²) in [6.07, 6.45) is -0.326. The maximum absolute atomic E-state index is 13.4. The minimum absolute atomic E-state index is 0.0954. The Kier molecular flexibility index (Phi) is 4.98. The van der Waals surface area contributed by atoms with Crippen LogP contribution in [0.5, 0.6) is 0 Å². The Balaban J connectivity index is 3.17. The molecule has 0 fully saturated rings. The molecule has 2 unspecified atom stereocenters. The Morgan fingerprint density at radius 1 is 1.50 bits per heavy atom. The number of aliphatic hydroxyl groups is 1. The normalized spacial score (nSPS) is 13.6. The van der Waals surface area contributed by atoms with Crippen LogP contribution >= 0.6 is 0 Å². The second-order valence-electron chi connectivity index (χ2n) is 4.54. The number of anilines is 1. The molecular weight excluding hydrogens is 271 g/mol. The fraction of sp³-hybridized carbons (Fsp3) is 0.417. The van der Waals surface area contributed by atoms with Gasteiger partial charge in [0.2, 0.25) is 0 Å². The first-order chi connectivity index (χ1) is 9.22. The number of aliphatic hydroxyl groups excluding tert-OH is 1. The van der Waals surface area contributed by atoms with E-state index in [1.807, 2.05) is 0 Å². The number of nitrogens with one attached hydrogen (secondary N) is 1. The standard InChI is InChI=1S/C12H15FN2O5/c1-6(3-7(2)16)14-10-4-8(12(17)18)9(13)5-11(10)15(19)20/h4-7,14,16H,3H2,1-2H3,(H,17,18). The lowest BCUT2D eigenvalue weighted by Crippen LogP contribution is -2.21. The zero-order valence-electron chi connectivity index (χ0n) is 11.0. The van der Waals surface area contributed by atoms with Crippen molar-refractivity contribution in [3.8, 4) is 0 Å². The van der Waals surface area contributed by atoms with E-state index >= 15 is 0 Å². The lowest BCUT2D eigenvalue weighted by molar-refractivity contribution is -0.384. The van der Waals surface area contributed by atoms with E-state index in [1.165, 1.54) is 0 Å². The van der Waals surface area contributed by atoms with Gasteiger partial charge in [0.05, 0.1) is 22.7 Å². The molecule has 0 spiro atoms. The van der Waals surface area contributed by atoms with E-state index in [0.717, 1.165) is 6.07 Å². The van der Waals surface area contributed by atoms with Gasteiger partial charge in [-0.1, -0.05) is 0 Å².